The quantitative estimate of drug-likeness (QED) is 0.823. The summed E-state index contributed by atoms with van der Waals surface area (Å²) in [7, 11) is 1.83. The smallest absolute Gasteiger partial charge is 0.387 e. The van der Waals surface area contributed by atoms with E-state index in [1.165, 1.54) is 12.1 Å². The topological polar surface area (TPSA) is 41.6 Å². The second kappa shape index (κ2) is 8.58. The van der Waals surface area contributed by atoms with Gasteiger partial charge in [-0.15, -0.1) is 0 Å². The van der Waals surface area contributed by atoms with E-state index in [0.717, 1.165) is 22.4 Å². The fourth-order valence-corrected chi connectivity index (χ4v) is 2.58. The highest BCUT2D eigenvalue weighted by molar-refractivity contribution is 5.93. The molecule has 0 radical (unpaired) electrons. The molecule has 0 aromatic heterocycles. The van der Waals surface area contributed by atoms with E-state index in [0.29, 0.717) is 6.54 Å². The molecule has 0 saturated carbocycles. The van der Waals surface area contributed by atoms with Gasteiger partial charge >= 0.3 is 6.61 Å². The third kappa shape index (κ3) is 5.83. The van der Waals surface area contributed by atoms with Crippen molar-refractivity contribution in [1.82, 2.24) is 4.90 Å². The number of halogens is 2. The molecule has 2 aromatic carbocycles. The summed E-state index contributed by atoms with van der Waals surface area (Å²) in [5.74, 6) is 0.0201. The van der Waals surface area contributed by atoms with Gasteiger partial charge in [-0.1, -0.05) is 30.3 Å². The van der Waals surface area contributed by atoms with E-state index in [4.69, 9.17) is 0 Å². The summed E-state index contributed by atoms with van der Waals surface area (Å²) in [6.07, 6.45) is 0. The molecule has 25 heavy (non-hydrogen) atoms. The summed E-state index contributed by atoms with van der Waals surface area (Å²) in [4.78, 5) is 14.1. The zero-order chi connectivity index (χ0) is 18.4. The maximum atomic E-state index is 12.2. The predicted molar refractivity (Wildman–Crippen MR) is 94.0 cm³/mol. The lowest BCUT2D eigenvalue weighted by Gasteiger charge is -2.18. The predicted octanol–water partition coefficient (Wildman–Crippen LogP) is 3.98. The van der Waals surface area contributed by atoms with Crippen molar-refractivity contribution in [3.05, 3.63) is 59.2 Å². The van der Waals surface area contributed by atoms with Gasteiger partial charge in [-0.25, -0.2) is 0 Å². The molecule has 4 nitrogen and oxygen atoms in total. The number of carbonyl (C=O) groups is 1. The number of anilines is 1. The number of benzene rings is 2. The van der Waals surface area contributed by atoms with Crippen LogP contribution in [0.2, 0.25) is 0 Å². The molecule has 0 saturated heterocycles. The first-order chi connectivity index (χ1) is 11.8. The molecule has 1 amide bonds. The zero-order valence-electron chi connectivity index (χ0n) is 14.6. The SMILES string of the molecule is Cc1cccc(C)c1NC(=O)CN(C)Cc1ccc(OC(F)F)cc1. The van der Waals surface area contributed by atoms with E-state index in [2.05, 4.69) is 10.1 Å². The van der Waals surface area contributed by atoms with Gasteiger partial charge in [0.1, 0.15) is 5.75 Å². The molecule has 0 heterocycles. The molecule has 0 aliphatic heterocycles. The Morgan fingerprint density at radius 1 is 1.12 bits per heavy atom. The number of carbonyl (C=O) groups excluding carboxylic acids is 1. The van der Waals surface area contributed by atoms with Gasteiger partial charge in [0.25, 0.3) is 0 Å². The van der Waals surface area contributed by atoms with Gasteiger partial charge in [0.15, 0.2) is 0 Å². The standard InChI is InChI=1S/C19H22F2N2O2/c1-13-5-4-6-14(2)18(13)22-17(24)12-23(3)11-15-7-9-16(10-8-15)25-19(20)21/h4-10,19H,11-12H2,1-3H3,(H,22,24). The normalized spacial score (nSPS) is 11.0. The van der Waals surface area contributed by atoms with Crippen molar-refractivity contribution in [2.75, 3.05) is 18.9 Å². The molecule has 2 rings (SSSR count). The van der Waals surface area contributed by atoms with E-state index >= 15 is 0 Å². The Kier molecular flexibility index (Phi) is 6.47. The third-order valence-corrected chi connectivity index (χ3v) is 3.76. The number of nitrogens with zero attached hydrogens (tertiary/aromatic N) is 1. The summed E-state index contributed by atoms with van der Waals surface area (Å²) in [5, 5.41) is 2.94. The fraction of sp³-hybridized carbons (Fsp3) is 0.316. The molecule has 0 fully saturated rings. The van der Waals surface area contributed by atoms with Crippen molar-refractivity contribution < 1.29 is 18.3 Å². The average Bonchev–Trinajstić information content (AvgIpc) is 2.52. The molecular formula is C19H22F2N2O2. The molecule has 0 atom stereocenters. The minimum atomic E-state index is -2.83. The van der Waals surface area contributed by atoms with Crippen LogP contribution in [0.25, 0.3) is 0 Å². The summed E-state index contributed by atoms with van der Waals surface area (Å²) >= 11 is 0. The molecule has 0 aliphatic carbocycles. The van der Waals surface area contributed by atoms with Crippen LogP contribution in [0.4, 0.5) is 14.5 Å². The number of likely N-dealkylation sites (N-methyl/N-ethyl adjacent to an activating group) is 1. The van der Waals surface area contributed by atoms with Crippen LogP contribution in [0.3, 0.4) is 0 Å². The Morgan fingerprint density at radius 2 is 1.72 bits per heavy atom. The van der Waals surface area contributed by atoms with Gasteiger partial charge < -0.3 is 10.1 Å². The highest BCUT2D eigenvalue weighted by Gasteiger charge is 2.11. The molecule has 1 N–H and O–H groups in total. The molecule has 0 unspecified atom stereocenters. The van der Waals surface area contributed by atoms with E-state index < -0.39 is 6.61 Å². The molecule has 0 bridgehead atoms. The van der Waals surface area contributed by atoms with Crippen molar-refractivity contribution >= 4 is 11.6 Å². The van der Waals surface area contributed by atoms with Gasteiger partial charge in [-0.3, -0.25) is 9.69 Å². The number of aryl methyl sites for hydroxylation is 2. The Labute approximate surface area is 146 Å². The highest BCUT2D eigenvalue weighted by atomic mass is 19.3. The second-order valence-electron chi connectivity index (χ2n) is 6.01. The maximum Gasteiger partial charge on any atom is 0.387 e. The maximum absolute atomic E-state index is 12.2. The number of nitrogens with one attached hydrogen (secondary N) is 1. The van der Waals surface area contributed by atoms with Crippen molar-refractivity contribution in [2.24, 2.45) is 0 Å². The Morgan fingerprint density at radius 3 is 2.28 bits per heavy atom. The summed E-state index contributed by atoms with van der Waals surface area (Å²) < 4.78 is 28.6. The Balaban J connectivity index is 1.89. The fourth-order valence-electron chi connectivity index (χ4n) is 2.58. The van der Waals surface area contributed by atoms with Crippen LogP contribution in [-0.4, -0.2) is 31.0 Å². The molecular weight excluding hydrogens is 326 g/mol. The van der Waals surface area contributed by atoms with Crippen LogP contribution in [0.15, 0.2) is 42.5 Å². The molecule has 134 valence electrons. The number of amides is 1. The van der Waals surface area contributed by atoms with Crippen LogP contribution in [0, 0.1) is 13.8 Å². The van der Waals surface area contributed by atoms with Gasteiger partial charge in [-0.2, -0.15) is 8.78 Å². The third-order valence-electron chi connectivity index (χ3n) is 3.76. The average molecular weight is 348 g/mol. The first kappa shape index (κ1) is 18.9. The number of rotatable bonds is 7. The molecule has 0 spiro atoms. The minimum absolute atomic E-state index is 0.0995. The van der Waals surface area contributed by atoms with Crippen LogP contribution in [-0.2, 0) is 11.3 Å². The Bertz CT molecular complexity index is 698. The number of alkyl halides is 2. The second-order valence-corrected chi connectivity index (χ2v) is 6.01. The highest BCUT2D eigenvalue weighted by Crippen LogP contribution is 2.19. The van der Waals surface area contributed by atoms with E-state index in [9.17, 15) is 13.6 Å². The van der Waals surface area contributed by atoms with Crippen LogP contribution in [0.5, 0.6) is 5.75 Å². The van der Waals surface area contributed by atoms with Gasteiger partial charge in [-0.05, 0) is 49.7 Å². The molecule has 0 aliphatic rings. The number of para-hydroxylation sites is 1. The van der Waals surface area contributed by atoms with Crippen molar-refractivity contribution in [3.8, 4) is 5.75 Å². The van der Waals surface area contributed by atoms with Crippen molar-refractivity contribution in [1.29, 1.82) is 0 Å². The zero-order valence-corrected chi connectivity index (χ0v) is 14.6. The lowest BCUT2D eigenvalue weighted by atomic mass is 10.1. The number of hydrogen-bond acceptors (Lipinski definition) is 3. The summed E-state index contributed by atoms with van der Waals surface area (Å²) in [6.45, 7) is 1.82. The van der Waals surface area contributed by atoms with Gasteiger partial charge in [0.2, 0.25) is 5.91 Å². The minimum Gasteiger partial charge on any atom is -0.435 e. The lowest BCUT2D eigenvalue weighted by molar-refractivity contribution is -0.117. The van der Waals surface area contributed by atoms with Crippen molar-refractivity contribution in [2.45, 2.75) is 27.0 Å². The van der Waals surface area contributed by atoms with E-state index in [-0.39, 0.29) is 18.2 Å². The molecule has 6 heteroatoms. The monoisotopic (exact) mass is 348 g/mol. The van der Waals surface area contributed by atoms with E-state index in [1.54, 1.807) is 12.1 Å². The number of ether oxygens (including phenoxy) is 1. The Hall–Kier alpha value is -2.47. The van der Waals surface area contributed by atoms with Crippen LogP contribution in [0.1, 0.15) is 16.7 Å². The first-order valence-corrected chi connectivity index (χ1v) is 7.93. The summed E-state index contributed by atoms with van der Waals surface area (Å²) in [6, 6.07) is 12.3. The van der Waals surface area contributed by atoms with E-state index in [1.807, 2.05) is 44.0 Å². The first-order valence-electron chi connectivity index (χ1n) is 7.93. The van der Waals surface area contributed by atoms with Crippen LogP contribution < -0.4 is 10.1 Å². The molecule has 2 aromatic rings. The van der Waals surface area contributed by atoms with Crippen molar-refractivity contribution in [3.63, 3.8) is 0 Å². The van der Waals surface area contributed by atoms with Crippen LogP contribution >= 0.6 is 0 Å². The lowest BCUT2D eigenvalue weighted by Crippen LogP contribution is -2.30. The van der Waals surface area contributed by atoms with Gasteiger partial charge in [0, 0.05) is 12.2 Å². The van der Waals surface area contributed by atoms with Gasteiger partial charge in [0.05, 0.1) is 6.54 Å². The largest absolute Gasteiger partial charge is 0.435 e. The number of hydrogen-bond donors (Lipinski definition) is 1. The summed E-state index contributed by atoms with van der Waals surface area (Å²) in [5.41, 5.74) is 3.79.